The van der Waals surface area contributed by atoms with Crippen LogP contribution in [-0.2, 0) is 6.54 Å². The van der Waals surface area contributed by atoms with E-state index in [0.29, 0.717) is 12.1 Å². The van der Waals surface area contributed by atoms with Crippen LogP contribution >= 0.6 is 22.6 Å². The lowest BCUT2D eigenvalue weighted by Gasteiger charge is -2.10. The van der Waals surface area contributed by atoms with Crippen LogP contribution < -0.4 is 4.74 Å². The molecular formula is C13H13IN2O2. The largest absolute Gasteiger partial charge is 0.496 e. The van der Waals surface area contributed by atoms with Crippen molar-refractivity contribution in [1.29, 1.82) is 0 Å². The second-order valence-electron chi connectivity index (χ2n) is 3.94. The number of Topliss-reactive ketones (excluding diaryl/α,β-unsaturated/α-hetero) is 1. The predicted octanol–water partition coefficient (Wildman–Crippen LogP) is 2.75. The lowest BCUT2D eigenvalue weighted by atomic mass is 10.1. The van der Waals surface area contributed by atoms with Gasteiger partial charge in [0.2, 0.25) is 0 Å². The summed E-state index contributed by atoms with van der Waals surface area (Å²) in [7, 11) is 1.62. The molecule has 0 unspecified atom stereocenters. The maximum Gasteiger partial charge on any atom is 0.159 e. The number of methoxy groups -OCH3 is 1. The van der Waals surface area contributed by atoms with Gasteiger partial charge in [-0.15, -0.1) is 0 Å². The lowest BCUT2D eigenvalue weighted by Crippen LogP contribution is -2.04. The summed E-state index contributed by atoms with van der Waals surface area (Å²) in [6.07, 6.45) is 3.74. The van der Waals surface area contributed by atoms with Crippen molar-refractivity contribution in [1.82, 2.24) is 9.78 Å². The zero-order valence-corrected chi connectivity index (χ0v) is 12.3. The van der Waals surface area contributed by atoms with Crippen LogP contribution in [0.5, 0.6) is 5.75 Å². The first-order valence-electron chi connectivity index (χ1n) is 5.46. The molecule has 5 heteroatoms. The van der Waals surface area contributed by atoms with Crippen molar-refractivity contribution in [3.05, 3.63) is 45.3 Å². The smallest absolute Gasteiger partial charge is 0.159 e. The molecule has 2 rings (SSSR count). The summed E-state index contributed by atoms with van der Waals surface area (Å²) in [5, 5.41) is 4.23. The molecule has 0 aliphatic carbocycles. The molecule has 0 saturated heterocycles. The number of ketones is 1. The van der Waals surface area contributed by atoms with Gasteiger partial charge < -0.3 is 4.74 Å². The van der Waals surface area contributed by atoms with Crippen molar-refractivity contribution in [3.63, 3.8) is 0 Å². The van der Waals surface area contributed by atoms with Gasteiger partial charge in [0.25, 0.3) is 0 Å². The topological polar surface area (TPSA) is 44.1 Å². The maximum absolute atomic E-state index is 11.4. The minimum atomic E-state index is 0.0500. The van der Waals surface area contributed by atoms with E-state index < -0.39 is 0 Å². The Balaban J connectivity index is 2.35. The highest BCUT2D eigenvalue weighted by molar-refractivity contribution is 14.1. The average molecular weight is 356 g/mol. The number of nitrogens with zero attached hydrogens (tertiary/aromatic N) is 2. The molecule has 0 bridgehead atoms. The number of rotatable bonds is 4. The van der Waals surface area contributed by atoms with Gasteiger partial charge in [0.1, 0.15) is 5.75 Å². The van der Waals surface area contributed by atoms with E-state index in [2.05, 4.69) is 27.7 Å². The zero-order valence-electron chi connectivity index (χ0n) is 10.2. The first kappa shape index (κ1) is 13.1. The Bertz CT molecular complexity index is 578. The fraction of sp³-hybridized carbons (Fsp3) is 0.231. The van der Waals surface area contributed by atoms with Crippen LogP contribution in [0.1, 0.15) is 22.8 Å². The highest BCUT2D eigenvalue weighted by atomic mass is 127. The first-order valence-corrected chi connectivity index (χ1v) is 6.54. The standard InChI is InChI=1S/C13H13IN2O2/c1-9(17)10-3-4-13(18-2)11(5-10)7-16-8-12(14)6-15-16/h3-6,8H,7H2,1-2H3. The van der Waals surface area contributed by atoms with Crippen LogP contribution in [0.25, 0.3) is 0 Å². The van der Waals surface area contributed by atoms with E-state index in [1.165, 1.54) is 0 Å². The summed E-state index contributed by atoms with van der Waals surface area (Å²) in [5.74, 6) is 0.819. The number of carbonyl (C=O) groups is 1. The third-order valence-electron chi connectivity index (χ3n) is 2.62. The molecule has 0 N–H and O–H groups in total. The second kappa shape index (κ2) is 5.51. The monoisotopic (exact) mass is 356 g/mol. The van der Waals surface area contributed by atoms with E-state index in [9.17, 15) is 4.79 Å². The minimum absolute atomic E-state index is 0.0500. The number of benzene rings is 1. The van der Waals surface area contributed by atoms with Gasteiger partial charge in [-0.3, -0.25) is 9.48 Å². The second-order valence-corrected chi connectivity index (χ2v) is 5.18. The number of aromatic nitrogens is 2. The Labute approximate surface area is 119 Å². The molecule has 0 saturated carbocycles. The zero-order chi connectivity index (χ0) is 13.1. The van der Waals surface area contributed by atoms with Crippen LogP contribution in [0.2, 0.25) is 0 Å². The molecule has 0 radical (unpaired) electrons. The van der Waals surface area contributed by atoms with Crippen molar-refractivity contribution in [3.8, 4) is 5.75 Å². The van der Waals surface area contributed by atoms with Crippen LogP contribution in [0.4, 0.5) is 0 Å². The normalized spacial score (nSPS) is 10.4. The van der Waals surface area contributed by atoms with Gasteiger partial charge in [0.15, 0.2) is 5.78 Å². The Morgan fingerprint density at radius 3 is 2.83 bits per heavy atom. The lowest BCUT2D eigenvalue weighted by molar-refractivity contribution is 0.101. The number of ether oxygens (including phenoxy) is 1. The molecular weight excluding hydrogens is 343 g/mol. The quantitative estimate of drug-likeness (QED) is 0.625. The molecule has 1 heterocycles. The summed E-state index contributed by atoms with van der Waals surface area (Å²) in [6.45, 7) is 2.15. The van der Waals surface area contributed by atoms with Crippen LogP contribution in [0, 0.1) is 3.57 Å². The minimum Gasteiger partial charge on any atom is -0.496 e. The highest BCUT2D eigenvalue weighted by Gasteiger charge is 2.08. The first-order chi connectivity index (χ1) is 8.60. The Kier molecular flexibility index (Phi) is 4.00. The Morgan fingerprint density at radius 2 is 2.28 bits per heavy atom. The van der Waals surface area contributed by atoms with Gasteiger partial charge in [-0.1, -0.05) is 0 Å². The van der Waals surface area contributed by atoms with Crippen molar-refractivity contribution < 1.29 is 9.53 Å². The van der Waals surface area contributed by atoms with E-state index >= 15 is 0 Å². The SMILES string of the molecule is COc1ccc(C(C)=O)cc1Cn1cc(I)cn1. The van der Waals surface area contributed by atoms with E-state index in [1.807, 2.05) is 23.0 Å². The fourth-order valence-corrected chi connectivity index (χ4v) is 2.17. The molecule has 94 valence electrons. The molecule has 0 spiro atoms. The summed E-state index contributed by atoms with van der Waals surface area (Å²) < 4.78 is 8.21. The number of halogens is 1. The molecule has 2 aromatic rings. The summed E-state index contributed by atoms with van der Waals surface area (Å²) >= 11 is 2.21. The Morgan fingerprint density at radius 1 is 1.50 bits per heavy atom. The fourth-order valence-electron chi connectivity index (χ4n) is 1.72. The van der Waals surface area contributed by atoms with Gasteiger partial charge in [-0.05, 0) is 47.7 Å². The van der Waals surface area contributed by atoms with Crippen molar-refractivity contribution in [2.75, 3.05) is 7.11 Å². The summed E-state index contributed by atoms with van der Waals surface area (Å²) in [6, 6.07) is 5.45. The number of hydrogen-bond donors (Lipinski definition) is 0. The molecule has 0 aliphatic rings. The Hall–Kier alpha value is -1.37. The highest BCUT2D eigenvalue weighted by Crippen LogP contribution is 2.21. The van der Waals surface area contributed by atoms with Gasteiger partial charge >= 0.3 is 0 Å². The molecule has 1 aromatic carbocycles. The van der Waals surface area contributed by atoms with Gasteiger partial charge in [-0.2, -0.15) is 5.10 Å². The molecule has 1 aromatic heterocycles. The van der Waals surface area contributed by atoms with Gasteiger partial charge in [0, 0.05) is 17.3 Å². The summed E-state index contributed by atoms with van der Waals surface area (Å²) in [4.78, 5) is 11.4. The van der Waals surface area contributed by atoms with Crippen LogP contribution in [-0.4, -0.2) is 22.7 Å². The van der Waals surface area contributed by atoms with Gasteiger partial charge in [-0.25, -0.2) is 0 Å². The van der Waals surface area contributed by atoms with E-state index in [4.69, 9.17) is 4.74 Å². The molecule has 0 aliphatic heterocycles. The van der Waals surface area contributed by atoms with Crippen molar-refractivity contribution >= 4 is 28.4 Å². The van der Waals surface area contributed by atoms with E-state index in [0.717, 1.165) is 14.9 Å². The van der Waals surface area contributed by atoms with Crippen LogP contribution in [0.15, 0.2) is 30.6 Å². The molecule has 0 amide bonds. The number of hydrogen-bond acceptors (Lipinski definition) is 3. The third-order valence-corrected chi connectivity index (χ3v) is 3.18. The van der Waals surface area contributed by atoms with Gasteiger partial charge in [0.05, 0.1) is 23.4 Å². The van der Waals surface area contributed by atoms with E-state index in [-0.39, 0.29) is 5.78 Å². The average Bonchev–Trinajstić information content (AvgIpc) is 2.74. The molecule has 4 nitrogen and oxygen atoms in total. The van der Waals surface area contributed by atoms with Crippen molar-refractivity contribution in [2.24, 2.45) is 0 Å². The number of carbonyl (C=O) groups excluding carboxylic acids is 1. The third kappa shape index (κ3) is 2.90. The predicted molar refractivity (Wildman–Crippen MR) is 77.0 cm³/mol. The molecule has 18 heavy (non-hydrogen) atoms. The maximum atomic E-state index is 11.4. The van der Waals surface area contributed by atoms with Crippen molar-refractivity contribution in [2.45, 2.75) is 13.5 Å². The van der Waals surface area contributed by atoms with Crippen LogP contribution in [0.3, 0.4) is 0 Å². The van der Waals surface area contributed by atoms with E-state index in [1.54, 1.807) is 26.3 Å². The molecule has 0 atom stereocenters. The summed E-state index contributed by atoms with van der Waals surface area (Å²) in [5.41, 5.74) is 1.64. The molecule has 0 fully saturated rings.